The zero-order chi connectivity index (χ0) is 17.1. The third-order valence-electron chi connectivity index (χ3n) is 4.26. The Morgan fingerprint density at radius 2 is 2.17 bits per heavy atom. The minimum Gasteiger partial charge on any atom is -0.377 e. The molecule has 8 nitrogen and oxygen atoms in total. The van der Waals surface area contributed by atoms with Crippen LogP contribution >= 0.6 is 0 Å². The van der Waals surface area contributed by atoms with Gasteiger partial charge in [0, 0.05) is 44.6 Å². The molecule has 1 aliphatic rings. The number of imidazole rings is 1. The smallest absolute Gasteiger partial charge is 0.292 e. The lowest BCUT2D eigenvalue weighted by atomic mass is 10.0. The summed E-state index contributed by atoms with van der Waals surface area (Å²) in [4.78, 5) is 17.3. The minimum absolute atomic E-state index is 0.000492. The van der Waals surface area contributed by atoms with Crippen molar-refractivity contribution in [1.82, 2.24) is 9.55 Å². The van der Waals surface area contributed by atoms with Gasteiger partial charge in [0.15, 0.2) is 0 Å². The molecule has 0 bridgehead atoms. The lowest BCUT2D eigenvalue weighted by Gasteiger charge is -2.33. The summed E-state index contributed by atoms with van der Waals surface area (Å²) in [6.45, 7) is 1.66. The van der Waals surface area contributed by atoms with Crippen LogP contribution in [-0.2, 0) is 7.05 Å². The number of anilines is 2. The molecule has 1 N–H and O–H groups in total. The Morgan fingerprint density at radius 1 is 1.42 bits per heavy atom. The third-order valence-corrected chi connectivity index (χ3v) is 4.26. The summed E-state index contributed by atoms with van der Waals surface area (Å²) in [6, 6.07) is 6.54. The first kappa shape index (κ1) is 15.8. The van der Waals surface area contributed by atoms with Crippen LogP contribution in [0.1, 0.15) is 18.4 Å². The molecular weight excluding hydrogens is 308 g/mol. The van der Waals surface area contributed by atoms with E-state index in [-0.39, 0.29) is 11.7 Å². The highest BCUT2D eigenvalue weighted by Crippen LogP contribution is 2.28. The fourth-order valence-electron chi connectivity index (χ4n) is 2.99. The Kier molecular flexibility index (Phi) is 4.33. The quantitative estimate of drug-likeness (QED) is 0.683. The second kappa shape index (κ2) is 6.58. The SMILES string of the molecule is Cn1ccnc1N1CCC(Nc2cc(C#N)ccc2[N+](=O)[O-])CC1. The van der Waals surface area contributed by atoms with E-state index in [4.69, 9.17) is 5.26 Å². The molecule has 1 aromatic carbocycles. The second-order valence-corrected chi connectivity index (χ2v) is 5.84. The molecule has 1 aliphatic heterocycles. The summed E-state index contributed by atoms with van der Waals surface area (Å²) in [6.07, 6.45) is 5.38. The number of benzene rings is 1. The number of piperidine rings is 1. The molecule has 0 radical (unpaired) electrons. The number of hydrogen-bond acceptors (Lipinski definition) is 6. The molecular formula is C16H18N6O2. The van der Waals surface area contributed by atoms with Crippen molar-refractivity contribution in [2.45, 2.75) is 18.9 Å². The molecule has 2 aromatic rings. The summed E-state index contributed by atoms with van der Waals surface area (Å²) in [7, 11) is 1.96. The van der Waals surface area contributed by atoms with Crippen LogP contribution < -0.4 is 10.2 Å². The standard InChI is InChI=1S/C16H18N6O2/c1-20-9-6-18-16(20)21-7-4-13(5-8-21)19-14-10-12(11-17)2-3-15(14)22(23)24/h2-3,6,9-10,13,19H,4-5,7-8H2,1H3. The predicted molar refractivity (Wildman–Crippen MR) is 89.9 cm³/mol. The van der Waals surface area contributed by atoms with E-state index in [1.165, 1.54) is 12.1 Å². The van der Waals surface area contributed by atoms with Crippen LogP contribution in [0.2, 0.25) is 0 Å². The molecule has 0 aliphatic carbocycles. The Labute approximate surface area is 139 Å². The number of nitrogens with zero attached hydrogens (tertiary/aromatic N) is 5. The first-order chi connectivity index (χ1) is 11.6. The van der Waals surface area contributed by atoms with E-state index in [1.807, 2.05) is 23.9 Å². The lowest BCUT2D eigenvalue weighted by Crippen LogP contribution is -2.40. The van der Waals surface area contributed by atoms with Crippen molar-refractivity contribution in [3.8, 4) is 6.07 Å². The Bertz CT molecular complexity index is 786. The number of aryl methyl sites for hydroxylation is 1. The Morgan fingerprint density at radius 3 is 2.75 bits per heavy atom. The average molecular weight is 326 g/mol. The third kappa shape index (κ3) is 3.15. The van der Waals surface area contributed by atoms with Crippen LogP contribution in [0.3, 0.4) is 0 Å². The maximum absolute atomic E-state index is 11.2. The van der Waals surface area contributed by atoms with E-state index in [0.717, 1.165) is 31.9 Å². The number of nitriles is 1. The van der Waals surface area contributed by atoms with Gasteiger partial charge in [-0.05, 0) is 25.0 Å². The highest BCUT2D eigenvalue weighted by Gasteiger charge is 2.24. The van der Waals surface area contributed by atoms with Gasteiger partial charge in [-0.15, -0.1) is 0 Å². The van der Waals surface area contributed by atoms with E-state index in [2.05, 4.69) is 15.2 Å². The molecule has 0 atom stereocenters. The summed E-state index contributed by atoms with van der Waals surface area (Å²) in [5.41, 5.74) is 0.823. The molecule has 2 heterocycles. The first-order valence-electron chi connectivity index (χ1n) is 7.76. The van der Waals surface area contributed by atoms with Crippen LogP contribution in [0.4, 0.5) is 17.3 Å². The summed E-state index contributed by atoms with van der Waals surface area (Å²) < 4.78 is 1.98. The largest absolute Gasteiger partial charge is 0.377 e. The van der Waals surface area contributed by atoms with Gasteiger partial charge in [-0.3, -0.25) is 10.1 Å². The van der Waals surface area contributed by atoms with Crippen molar-refractivity contribution in [3.63, 3.8) is 0 Å². The van der Waals surface area contributed by atoms with Gasteiger partial charge in [-0.2, -0.15) is 5.26 Å². The van der Waals surface area contributed by atoms with Crippen molar-refractivity contribution in [2.75, 3.05) is 23.3 Å². The molecule has 0 unspecified atom stereocenters. The molecule has 0 spiro atoms. The Balaban J connectivity index is 1.69. The maximum Gasteiger partial charge on any atom is 0.292 e. The van der Waals surface area contributed by atoms with Crippen molar-refractivity contribution in [3.05, 3.63) is 46.3 Å². The van der Waals surface area contributed by atoms with Crippen LogP contribution in [0.5, 0.6) is 0 Å². The highest BCUT2D eigenvalue weighted by atomic mass is 16.6. The zero-order valence-electron chi connectivity index (χ0n) is 13.3. The number of nitro benzene ring substituents is 1. The molecule has 1 aromatic heterocycles. The fourth-order valence-corrected chi connectivity index (χ4v) is 2.99. The van der Waals surface area contributed by atoms with Gasteiger partial charge < -0.3 is 14.8 Å². The summed E-state index contributed by atoms with van der Waals surface area (Å²) in [5, 5.41) is 23.4. The van der Waals surface area contributed by atoms with Gasteiger partial charge in [0.1, 0.15) is 5.69 Å². The van der Waals surface area contributed by atoms with E-state index in [1.54, 1.807) is 12.3 Å². The maximum atomic E-state index is 11.2. The van der Waals surface area contributed by atoms with E-state index in [9.17, 15) is 10.1 Å². The normalized spacial score (nSPS) is 15.1. The Hall–Kier alpha value is -3.08. The summed E-state index contributed by atoms with van der Waals surface area (Å²) in [5.74, 6) is 0.936. The van der Waals surface area contributed by atoms with Crippen LogP contribution in [0.25, 0.3) is 0 Å². The fraction of sp³-hybridized carbons (Fsp3) is 0.375. The number of rotatable bonds is 4. The first-order valence-corrected chi connectivity index (χ1v) is 7.76. The van der Waals surface area contributed by atoms with Crippen molar-refractivity contribution in [2.24, 2.45) is 7.05 Å². The lowest BCUT2D eigenvalue weighted by molar-refractivity contribution is -0.384. The molecule has 8 heteroatoms. The second-order valence-electron chi connectivity index (χ2n) is 5.84. The molecule has 124 valence electrons. The molecule has 1 saturated heterocycles. The predicted octanol–water partition coefficient (Wildman–Crippen LogP) is 2.28. The van der Waals surface area contributed by atoms with Gasteiger partial charge in [0.05, 0.1) is 16.6 Å². The van der Waals surface area contributed by atoms with Crippen molar-refractivity contribution < 1.29 is 4.92 Å². The van der Waals surface area contributed by atoms with Gasteiger partial charge in [-0.25, -0.2) is 4.98 Å². The van der Waals surface area contributed by atoms with Gasteiger partial charge in [-0.1, -0.05) is 0 Å². The molecule has 0 amide bonds. The number of nitrogens with one attached hydrogen (secondary N) is 1. The number of hydrogen-bond donors (Lipinski definition) is 1. The number of nitro groups is 1. The molecule has 0 saturated carbocycles. The van der Waals surface area contributed by atoms with Gasteiger partial charge in [0.25, 0.3) is 5.69 Å². The average Bonchev–Trinajstić information content (AvgIpc) is 3.01. The van der Waals surface area contributed by atoms with Crippen molar-refractivity contribution >= 4 is 17.3 Å². The van der Waals surface area contributed by atoms with Gasteiger partial charge in [0.2, 0.25) is 5.95 Å². The van der Waals surface area contributed by atoms with Crippen LogP contribution in [-0.4, -0.2) is 33.6 Å². The molecule has 24 heavy (non-hydrogen) atoms. The van der Waals surface area contributed by atoms with E-state index >= 15 is 0 Å². The van der Waals surface area contributed by atoms with Crippen LogP contribution in [0.15, 0.2) is 30.6 Å². The molecule has 3 rings (SSSR count). The minimum atomic E-state index is -0.424. The monoisotopic (exact) mass is 326 g/mol. The van der Waals surface area contributed by atoms with E-state index in [0.29, 0.717) is 11.3 Å². The highest BCUT2D eigenvalue weighted by molar-refractivity contribution is 5.64. The van der Waals surface area contributed by atoms with E-state index < -0.39 is 4.92 Å². The molecule has 1 fully saturated rings. The topological polar surface area (TPSA) is 100 Å². The van der Waals surface area contributed by atoms with Crippen LogP contribution in [0, 0.1) is 21.4 Å². The number of aromatic nitrogens is 2. The van der Waals surface area contributed by atoms with Gasteiger partial charge >= 0.3 is 0 Å². The van der Waals surface area contributed by atoms with Crippen molar-refractivity contribution in [1.29, 1.82) is 5.26 Å². The summed E-state index contributed by atoms with van der Waals surface area (Å²) >= 11 is 0. The zero-order valence-corrected chi connectivity index (χ0v) is 13.3.